The summed E-state index contributed by atoms with van der Waals surface area (Å²) in [6.45, 7) is 1.89. The van der Waals surface area contributed by atoms with E-state index in [0.717, 1.165) is 18.5 Å². The second-order valence-corrected chi connectivity index (χ2v) is 6.51. The van der Waals surface area contributed by atoms with Crippen molar-refractivity contribution in [2.75, 3.05) is 0 Å². The molecule has 1 aromatic heterocycles. The van der Waals surface area contributed by atoms with E-state index in [9.17, 15) is 13.6 Å². The van der Waals surface area contributed by atoms with Crippen LogP contribution in [0, 0.1) is 18.8 Å². The van der Waals surface area contributed by atoms with Crippen LogP contribution in [0.5, 0.6) is 0 Å². The van der Waals surface area contributed by atoms with Gasteiger partial charge in [-0.2, -0.15) is 0 Å². The predicted octanol–water partition coefficient (Wildman–Crippen LogP) is 3.18. The van der Waals surface area contributed by atoms with Crippen molar-refractivity contribution < 1.29 is 13.6 Å². The van der Waals surface area contributed by atoms with Gasteiger partial charge in [0.15, 0.2) is 5.82 Å². The Morgan fingerprint density at radius 2 is 2.00 bits per heavy atom. The van der Waals surface area contributed by atoms with Crippen LogP contribution < -0.4 is 5.32 Å². The summed E-state index contributed by atoms with van der Waals surface area (Å²) in [6, 6.07) is 1.63. The molecule has 0 aromatic carbocycles. The fourth-order valence-corrected chi connectivity index (χ4v) is 3.01. The lowest BCUT2D eigenvalue weighted by Gasteiger charge is -2.28. The van der Waals surface area contributed by atoms with Gasteiger partial charge in [-0.1, -0.05) is 0 Å². The number of halogens is 2. The summed E-state index contributed by atoms with van der Waals surface area (Å²) in [4.78, 5) is 21.1. The van der Waals surface area contributed by atoms with E-state index in [1.54, 1.807) is 6.20 Å². The van der Waals surface area contributed by atoms with Gasteiger partial charge in [0, 0.05) is 30.7 Å². The molecule has 0 aliphatic heterocycles. The highest BCUT2D eigenvalue weighted by Crippen LogP contribution is 2.41. The van der Waals surface area contributed by atoms with Crippen LogP contribution in [0.1, 0.15) is 56.1 Å². The Bertz CT molecular complexity index is 550. The topological polar surface area (TPSA) is 54.9 Å². The molecule has 1 N–H and O–H groups in total. The molecule has 2 saturated carbocycles. The summed E-state index contributed by atoms with van der Waals surface area (Å²) in [6.07, 6.45) is 3.91. The van der Waals surface area contributed by atoms with E-state index < -0.39 is 5.92 Å². The standard InChI is InChI=1S/C16H21F2N3O/c1-10-6-9-19-14(20-10)13(11-2-3-11)21-15(22)12-4-7-16(17,18)8-5-12/h6,9,11-13H,2-5,7-8H2,1H3,(H,21,22)/t13-/m1/s1. The molecular formula is C16H21F2N3O. The highest BCUT2D eigenvalue weighted by atomic mass is 19.3. The van der Waals surface area contributed by atoms with Crippen molar-refractivity contribution in [3.63, 3.8) is 0 Å². The summed E-state index contributed by atoms with van der Waals surface area (Å²) in [5.41, 5.74) is 0.863. The normalized spacial score (nSPS) is 23.0. The van der Waals surface area contributed by atoms with Crippen LogP contribution in [-0.4, -0.2) is 21.8 Å². The van der Waals surface area contributed by atoms with E-state index in [0.29, 0.717) is 11.7 Å². The van der Waals surface area contributed by atoms with Gasteiger partial charge in [0.1, 0.15) is 0 Å². The average molecular weight is 309 g/mol. The monoisotopic (exact) mass is 309 g/mol. The Hall–Kier alpha value is -1.59. The molecule has 6 heteroatoms. The Morgan fingerprint density at radius 1 is 1.32 bits per heavy atom. The molecule has 1 amide bonds. The van der Waals surface area contributed by atoms with E-state index in [1.807, 2.05) is 13.0 Å². The summed E-state index contributed by atoms with van der Waals surface area (Å²) < 4.78 is 26.4. The lowest BCUT2D eigenvalue weighted by atomic mass is 9.86. The van der Waals surface area contributed by atoms with Gasteiger partial charge in [-0.05, 0) is 44.6 Å². The van der Waals surface area contributed by atoms with Crippen LogP contribution in [0.4, 0.5) is 8.78 Å². The van der Waals surface area contributed by atoms with Gasteiger partial charge in [-0.3, -0.25) is 4.79 Å². The quantitative estimate of drug-likeness (QED) is 0.929. The molecule has 4 nitrogen and oxygen atoms in total. The molecule has 120 valence electrons. The number of alkyl halides is 2. The SMILES string of the molecule is Cc1ccnc([C@H](NC(=O)C2CCC(F)(F)CC2)C2CC2)n1. The maximum atomic E-state index is 13.2. The van der Waals surface area contributed by atoms with E-state index in [4.69, 9.17) is 0 Å². The highest BCUT2D eigenvalue weighted by molar-refractivity contribution is 5.79. The first-order chi connectivity index (χ1) is 10.4. The van der Waals surface area contributed by atoms with Crippen LogP contribution in [0.25, 0.3) is 0 Å². The Labute approximate surface area is 128 Å². The average Bonchev–Trinajstić information content (AvgIpc) is 3.29. The number of carbonyl (C=O) groups is 1. The van der Waals surface area contributed by atoms with Crippen molar-refractivity contribution in [2.24, 2.45) is 11.8 Å². The number of hydrogen-bond donors (Lipinski definition) is 1. The first-order valence-electron chi connectivity index (χ1n) is 7.92. The number of aromatic nitrogens is 2. The smallest absolute Gasteiger partial charge is 0.248 e. The molecule has 3 rings (SSSR count). The number of carbonyl (C=O) groups excluding carboxylic acids is 1. The maximum absolute atomic E-state index is 13.2. The first-order valence-corrected chi connectivity index (χ1v) is 7.92. The maximum Gasteiger partial charge on any atom is 0.248 e. The van der Waals surface area contributed by atoms with Crippen molar-refractivity contribution in [2.45, 2.75) is 57.4 Å². The predicted molar refractivity (Wildman–Crippen MR) is 77.3 cm³/mol. The van der Waals surface area contributed by atoms with Crippen LogP contribution in [0.3, 0.4) is 0 Å². The fraction of sp³-hybridized carbons (Fsp3) is 0.688. The highest BCUT2D eigenvalue weighted by Gasteiger charge is 2.40. The molecule has 0 radical (unpaired) electrons. The number of amides is 1. The lowest BCUT2D eigenvalue weighted by Crippen LogP contribution is -2.39. The van der Waals surface area contributed by atoms with Gasteiger partial charge in [0.05, 0.1) is 6.04 Å². The Morgan fingerprint density at radius 3 is 2.59 bits per heavy atom. The molecule has 2 aliphatic rings. The number of aryl methyl sites for hydroxylation is 1. The van der Waals surface area contributed by atoms with Crippen molar-refractivity contribution in [3.8, 4) is 0 Å². The summed E-state index contributed by atoms with van der Waals surface area (Å²) in [5.74, 6) is -2.04. The summed E-state index contributed by atoms with van der Waals surface area (Å²) in [5, 5.41) is 3.01. The first kappa shape index (κ1) is 15.3. The third kappa shape index (κ3) is 3.59. The molecule has 1 aromatic rings. The molecule has 2 fully saturated rings. The summed E-state index contributed by atoms with van der Waals surface area (Å²) in [7, 11) is 0. The Kier molecular flexibility index (Phi) is 4.10. The number of nitrogens with zero attached hydrogens (tertiary/aromatic N) is 2. The second kappa shape index (κ2) is 5.89. The summed E-state index contributed by atoms with van der Waals surface area (Å²) >= 11 is 0. The second-order valence-electron chi connectivity index (χ2n) is 6.51. The minimum atomic E-state index is -2.60. The minimum absolute atomic E-state index is 0.127. The molecule has 0 bridgehead atoms. The number of hydrogen-bond acceptors (Lipinski definition) is 3. The molecule has 1 heterocycles. The van der Waals surface area contributed by atoms with E-state index >= 15 is 0 Å². The van der Waals surface area contributed by atoms with Crippen LogP contribution in [0.15, 0.2) is 12.3 Å². The van der Waals surface area contributed by atoms with E-state index in [1.165, 1.54) is 0 Å². The molecule has 0 spiro atoms. The zero-order valence-electron chi connectivity index (χ0n) is 12.7. The van der Waals surface area contributed by atoms with Gasteiger partial charge < -0.3 is 5.32 Å². The molecule has 2 aliphatic carbocycles. The van der Waals surface area contributed by atoms with Gasteiger partial charge in [-0.25, -0.2) is 18.7 Å². The molecule has 0 unspecified atom stereocenters. The zero-order valence-corrected chi connectivity index (χ0v) is 12.7. The zero-order chi connectivity index (χ0) is 15.7. The van der Waals surface area contributed by atoms with E-state index in [-0.39, 0.29) is 43.6 Å². The van der Waals surface area contributed by atoms with Crippen molar-refractivity contribution in [3.05, 3.63) is 23.8 Å². The number of nitrogens with one attached hydrogen (secondary N) is 1. The largest absolute Gasteiger partial charge is 0.346 e. The van der Waals surface area contributed by atoms with E-state index in [2.05, 4.69) is 15.3 Å². The third-order valence-electron chi connectivity index (χ3n) is 4.57. The van der Waals surface area contributed by atoms with Crippen LogP contribution in [-0.2, 0) is 4.79 Å². The number of rotatable bonds is 4. The van der Waals surface area contributed by atoms with Gasteiger partial charge in [0.25, 0.3) is 0 Å². The van der Waals surface area contributed by atoms with Crippen molar-refractivity contribution >= 4 is 5.91 Å². The van der Waals surface area contributed by atoms with Gasteiger partial charge in [0.2, 0.25) is 11.8 Å². The molecule has 22 heavy (non-hydrogen) atoms. The van der Waals surface area contributed by atoms with Gasteiger partial charge in [-0.15, -0.1) is 0 Å². The van der Waals surface area contributed by atoms with Crippen molar-refractivity contribution in [1.82, 2.24) is 15.3 Å². The van der Waals surface area contributed by atoms with Crippen LogP contribution >= 0.6 is 0 Å². The molecule has 0 saturated heterocycles. The van der Waals surface area contributed by atoms with Crippen molar-refractivity contribution in [1.29, 1.82) is 0 Å². The Balaban J connectivity index is 1.66. The van der Waals surface area contributed by atoms with Crippen LogP contribution in [0.2, 0.25) is 0 Å². The third-order valence-corrected chi connectivity index (χ3v) is 4.57. The minimum Gasteiger partial charge on any atom is -0.346 e. The molecule has 1 atom stereocenters. The fourth-order valence-electron chi connectivity index (χ4n) is 3.01. The van der Waals surface area contributed by atoms with Gasteiger partial charge >= 0.3 is 0 Å². The molecular weight excluding hydrogens is 288 g/mol. The lowest BCUT2D eigenvalue weighted by molar-refractivity contribution is -0.130.